The molecule has 3 unspecified atom stereocenters. The minimum Gasteiger partial charge on any atom is -0.632 e. The van der Waals surface area contributed by atoms with Crippen molar-refractivity contribution in [1.82, 2.24) is 0 Å². The van der Waals surface area contributed by atoms with Crippen LogP contribution in [0, 0.1) is 5.21 Å². The van der Waals surface area contributed by atoms with Crippen LogP contribution in [0.3, 0.4) is 0 Å². The summed E-state index contributed by atoms with van der Waals surface area (Å²) in [4.78, 5) is -1.55. The van der Waals surface area contributed by atoms with Gasteiger partial charge in [-0.15, -0.1) is 0 Å². The maximum absolute atomic E-state index is 14.3. The lowest BCUT2D eigenvalue weighted by Gasteiger charge is -2.49. The first-order chi connectivity index (χ1) is 15.9. The molecule has 3 aromatic carbocycles. The van der Waals surface area contributed by atoms with Crippen LogP contribution in [0.25, 0.3) is 0 Å². The van der Waals surface area contributed by atoms with Gasteiger partial charge in [0.1, 0.15) is 11.8 Å². The molecule has 0 radical (unpaired) electrons. The average Bonchev–Trinajstić information content (AvgIpc) is 2.84. The molecule has 1 N–H and O–H groups in total. The monoisotopic (exact) mass is 529 g/mol. The lowest BCUT2D eigenvalue weighted by Crippen LogP contribution is -3.17. The van der Waals surface area contributed by atoms with Crippen LogP contribution in [0.5, 0.6) is 5.75 Å². The van der Waals surface area contributed by atoms with Gasteiger partial charge in [0.05, 0.1) is 17.1 Å². The van der Waals surface area contributed by atoms with Crippen LogP contribution in [0.2, 0.25) is 0 Å². The topological polar surface area (TPSA) is 70.9 Å². The molecule has 3 aromatic rings. The number of unbranched alkanes of at least 4 members (excludes halogenated alkanes) is 1. The number of quaternary nitrogens is 1. The minimum absolute atomic E-state index is 0.0510. The van der Waals surface area contributed by atoms with E-state index in [-0.39, 0.29) is 16.4 Å². The van der Waals surface area contributed by atoms with Crippen LogP contribution in [0.1, 0.15) is 42.5 Å². The van der Waals surface area contributed by atoms with Crippen LogP contribution in [-0.4, -0.2) is 20.4 Å². The van der Waals surface area contributed by atoms with E-state index in [1.807, 2.05) is 36.4 Å². The van der Waals surface area contributed by atoms with Crippen molar-refractivity contribution in [2.45, 2.75) is 42.0 Å². The van der Waals surface area contributed by atoms with Crippen LogP contribution in [0.4, 0.5) is 0 Å². The average molecular weight is 530 g/mol. The van der Waals surface area contributed by atoms with Crippen molar-refractivity contribution in [1.29, 1.82) is 0 Å². The van der Waals surface area contributed by atoms with Gasteiger partial charge >= 0.3 is 0 Å². The number of benzene rings is 3. The lowest BCUT2D eigenvalue weighted by molar-refractivity contribution is -0.926. The molecule has 0 spiro atoms. The molecule has 5 nitrogen and oxygen atoms in total. The van der Waals surface area contributed by atoms with Gasteiger partial charge in [-0.25, -0.2) is 8.42 Å². The van der Waals surface area contributed by atoms with E-state index in [0.29, 0.717) is 23.5 Å². The molecule has 7 heteroatoms. The number of sulfone groups is 1. The van der Waals surface area contributed by atoms with Crippen molar-refractivity contribution >= 4 is 25.8 Å². The molecular formula is C26H28BrNO4S. The van der Waals surface area contributed by atoms with Crippen LogP contribution < -0.4 is 9.80 Å². The normalized spacial score (nSPS) is 23.6. The molecule has 0 aromatic heterocycles. The molecule has 0 saturated heterocycles. The van der Waals surface area contributed by atoms with Gasteiger partial charge < -0.3 is 15.0 Å². The Morgan fingerprint density at radius 3 is 2.39 bits per heavy atom. The number of nitrogens with one attached hydrogen (secondary N) is 1. The number of rotatable bonds is 8. The second-order valence-corrected chi connectivity index (χ2v) is 11.3. The van der Waals surface area contributed by atoms with Crippen molar-refractivity contribution in [3.63, 3.8) is 0 Å². The summed E-state index contributed by atoms with van der Waals surface area (Å²) in [6.07, 6.45) is 1.82. The summed E-state index contributed by atoms with van der Waals surface area (Å²) in [6.45, 7) is 2.25. The number of fused-ring (bicyclic) bond motifs is 1. The van der Waals surface area contributed by atoms with Crippen LogP contribution in [-0.2, 0) is 21.1 Å². The van der Waals surface area contributed by atoms with Gasteiger partial charge in [0.25, 0.3) is 0 Å². The van der Waals surface area contributed by atoms with Gasteiger partial charge in [0, 0.05) is 17.3 Å². The molecule has 0 aliphatic carbocycles. The fourth-order valence-electron chi connectivity index (χ4n) is 4.64. The third-order valence-corrected chi connectivity index (χ3v) is 9.32. The molecule has 0 bridgehead atoms. The zero-order chi connectivity index (χ0) is 23.5. The second-order valence-electron chi connectivity index (χ2n) is 8.36. The molecular weight excluding hydrogens is 502 g/mol. The van der Waals surface area contributed by atoms with E-state index in [1.165, 1.54) is 0 Å². The Kier molecular flexibility index (Phi) is 7.24. The molecule has 33 heavy (non-hydrogen) atoms. The minimum atomic E-state index is -4.07. The predicted octanol–water partition coefficient (Wildman–Crippen LogP) is 4.57. The van der Waals surface area contributed by atoms with Gasteiger partial charge in [-0.3, -0.25) is 0 Å². The van der Waals surface area contributed by atoms with Gasteiger partial charge in [0.15, 0.2) is 0 Å². The zero-order valence-corrected chi connectivity index (χ0v) is 20.9. The fraction of sp³-hybridized carbons (Fsp3) is 0.308. The van der Waals surface area contributed by atoms with Crippen molar-refractivity contribution in [2.75, 3.05) is 11.9 Å². The summed E-state index contributed by atoms with van der Waals surface area (Å²) in [5, 5.41) is 14.7. The third kappa shape index (κ3) is 4.23. The molecule has 1 heterocycles. The number of halogens is 1. The van der Waals surface area contributed by atoms with Crippen molar-refractivity contribution in [2.24, 2.45) is 0 Å². The van der Waals surface area contributed by atoms with E-state index in [9.17, 15) is 13.6 Å². The summed E-state index contributed by atoms with van der Waals surface area (Å²) in [5.41, 5.74) is 1.76. The molecule has 4 rings (SSSR count). The Balaban J connectivity index is 1.94. The fourth-order valence-corrected chi connectivity index (χ4v) is 7.48. The van der Waals surface area contributed by atoms with Gasteiger partial charge in [-0.1, -0.05) is 76.6 Å². The standard InChI is InChI=1S/C26H28BrNO4S/c1-20-22-13-5-8-16-25(22)33(30,31)26(28(20)29,19-21-11-3-2-4-12-21)23-14-6-7-15-24(23)32-18-10-9-17-27/h2-8,11-16,20,28H,9-10,17-19H2,1H3. The Morgan fingerprint density at radius 1 is 0.970 bits per heavy atom. The van der Waals surface area contributed by atoms with E-state index < -0.39 is 20.8 Å². The summed E-state index contributed by atoms with van der Waals surface area (Å²) in [7, 11) is -4.07. The summed E-state index contributed by atoms with van der Waals surface area (Å²) >= 11 is 3.42. The van der Waals surface area contributed by atoms with Crippen LogP contribution >= 0.6 is 15.9 Å². The van der Waals surface area contributed by atoms with E-state index >= 15 is 0 Å². The summed E-state index contributed by atoms with van der Waals surface area (Å²) in [6, 6.07) is 22.7. The highest BCUT2D eigenvalue weighted by Gasteiger charge is 2.59. The first kappa shape index (κ1) is 24.0. The van der Waals surface area contributed by atoms with Crippen molar-refractivity contribution in [3.8, 4) is 5.75 Å². The van der Waals surface area contributed by atoms with Gasteiger partial charge in [0.2, 0.25) is 14.7 Å². The molecule has 1 aliphatic rings. The van der Waals surface area contributed by atoms with Crippen molar-refractivity contribution in [3.05, 3.63) is 101 Å². The first-order valence-corrected chi connectivity index (χ1v) is 13.7. The largest absolute Gasteiger partial charge is 0.632 e. The van der Waals surface area contributed by atoms with Gasteiger partial charge in [-0.2, -0.15) is 0 Å². The molecule has 0 amide bonds. The highest BCUT2D eigenvalue weighted by Crippen LogP contribution is 2.44. The Labute approximate surface area is 204 Å². The quantitative estimate of drug-likeness (QED) is 0.263. The SMILES string of the molecule is CC1c2ccccc2S(=O)(=O)C(Cc2ccccc2)(c2ccccc2OCCCCBr)[NH+]1[O-]. The number of para-hydroxylation sites is 1. The van der Waals surface area contributed by atoms with E-state index in [4.69, 9.17) is 4.74 Å². The first-order valence-electron chi connectivity index (χ1n) is 11.1. The highest BCUT2D eigenvalue weighted by atomic mass is 79.9. The Hall–Kier alpha value is -2.19. The maximum atomic E-state index is 14.3. The Bertz CT molecular complexity index is 1200. The molecule has 3 atom stereocenters. The van der Waals surface area contributed by atoms with Crippen molar-refractivity contribution < 1.29 is 18.2 Å². The summed E-state index contributed by atoms with van der Waals surface area (Å²) in [5.74, 6) is 0.450. The number of alkyl halides is 1. The van der Waals surface area contributed by atoms with E-state index in [2.05, 4.69) is 15.9 Å². The predicted molar refractivity (Wildman–Crippen MR) is 133 cm³/mol. The summed E-state index contributed by atoms with van der Waals surface area (Å²) < 4.78 is 34.7. The van der Waals surface area contributed by atoms with E-state index in [1.54, 1.807) is 49.4 Å². The lowest BCUT2D eigenvalue weighted by atomic mass is 9.94. The van der Waals surface area contributed by atoms with E-state index in [0.717, 1.165) is 23.7 Å². The number of ether oxygens (including phenoxy) is 1. The van der Waals surface area contributed by atoms with Crippen LogP contribution in [0.15, 0.2) is 83.8 Å². The molecule has 1 aliphatic heterocycles. The third-order valence-electron chi connectivity index (χ3n) is 6.33. The number of hydrogen-bond acceptors (Lipinski definition) is 4. The van der Waals surface area contributed by atoms with Gasteiger partial charge in [-0.05, 0) is 43.5 Å². The number of hydrogen-bond donors (Lipinski definition) is 1. The zero-order valence-electron chi connectivity index (χ0n) is 18.5. The number of hydroxylamine groups is 2. The molecule has 0 fully saturated rings. The maximum Gasteiger partial charge on any atom is 0.240 e. The smallest absolute Gasteiger partial charge is 0.240 e. The molecule has 0 saturated carbocycles. The molecule has 174 valence electrons. The second kappa shape index (κ2) is 9.97. The Morgan fingerprint density at radius 2 is 1.64 bits per heavy atom. The highest BCUT2D eigenvalue weighted by molar-refractivity contribution is 9.09.